The molecular weight excluding hydrogens is 422 g/mol. The van der Waals surface area contributed by atoms with E-state index in [4.69, 9.17) is 0 Å². The average molecular weight is 454 g/mol. The fourth-order valence-electron chi connectivity index (χ4n) is 3.82. The Bertz CT molecular complexity index is 866. The van der Waals surface area contributed by atoms with Gasteiger partial charge in [-0.3, -0.25) is 14.4 Å². The van der Waals surface area contributed by atoms with E-state index in [0.29, 0.717) is 13.1 Å². The number of thioether (sulfide) groups is 1. The average Bonchev–Trinajstić information content (AvgIpc) is 2.78. The molecule has 3 amide bonds. The first-order valence-electron chi connectivity index (χ1n) is 11.0. The lowest BCUT2D eigenvalue weighted by atomic mass is 9.88. The predicted molar refractivity (Wildman–Crippen MR) is 128 cm³/mol. The standard InChI is InChI=1S/C25H31N3O3S/c1-18(2)16-28-24(31)15-22(29)27-25(28)32-17-23(30)26-14-13-21(19-9-5-3-6-10-19)20-11-7-4-8-12-20/h3-12,18,21,25H,13-17H2,1-2H3,(H,26,30)(H,27,29)/t25-/m0/s1. The smallest absolute Gasteiger partial charge is 0.234 e. The maximum Gasteiger partial charge on any atom is 0.234 e. The molecule has 2 N–H and O–H groups in total. The van der Waals surface area contributed by atoms with Gasteiger partial charge in [0.05, 0.1) is 5.75 Å². The zero-order valence-corrected chi connectivity index (χ0v) is 19.4. The first-order chi connectivity index (χ1) is 15.4. The van der Waals surface area contributed by atoms with Crippen molar-refractivity contribution in [2.75, 3.05) is 18.8 Å². The van der Waals surface area contributed by atoms with E-state index in [1.165, 1.54) is 22.9 Å². The molecule has 7 heteroatoms. The van der Waals surface area contributed by atoms with Gasteiger partial charge in [0, 0.05) is 19.0 Å². The highest BCUT2D eigenvalue weighted by Gasteiger charge is 2.33. The highest BCUT2D eigenvalue weighted by molar-refractivity contribution is 8.00. The lowest BCUT2D eigenvalue weighted by molar-refractivity contribution is -0.142. The number of amides is 3. The van der Waals surface area contributed by atoms with Gasteiger partial charge < -0.3 is 15.5 Å². The molecule has 0 aromatic heterocycles. The fraction of sp³-hybridized carbons (Fsp3) is 0.400. The minimum atomic E-state index is -0.502. The van der Waals surface area contributed by atoms with Crippen LogP contribution in [0.4, 0.5) is 0 Å². The molecule has 0 bridgehead atoms. The minimum Gasteiger partial charge on any atom is -0.355 e. The van der Waals surface area contributed by atoms with E-state index in [0.717, 1.165) is 6.42 Å². The summed E-state index contributed by atoms with van der Waals surface area (Å²) in [5, 5.41) is 5.82. The summed E-state index contributed by atoms with van der Waals surface area (Å²) >= 11 is 1.28. The molecule has 1 aliphatic heterocycles. The lowest BCUT2D eigenvalue weighted by Gasteiger charge is -2.36. The molecular formula is C25H31N3O3S. The van der Waals surface area contributed by atoms with Gasteiger partial charge in [-0.25, -0.2) is 0 Å². The van der Waals surface area contributed by atoms with Crippen molar-refractivity contribution < 1.29 is 14.4 Å². The van der Waals surface area contributed by atoms with Gasteiger partial charge in [0.2, 0.25) is 17.7 Å². The van der Waals surface area contributed by atoms with Gasteiger partial charge in [-0.2, -0.15) is 0 Å². The number of carbonyl (C=O) groups is 3. The second-order valence-corrected chi connectivity index (χ2v) is 9.43. The summed E-state index contributed by atoms with van der Waals surface area (Å²) < 4.78 is 0. The number of carbonyl (C=O) groups excluding carboxylic acids is 3. The Morgan fingerprint density at radius 1 is 1.06 bits per heavy atom. The molecule has 1 atom stereocenters. The highest BCUT2D eigenvalue weighted by atomic mass is 32.2. The van der Waals surface area contributed by atoms with Crippen molar-refractivity contribution in [3.05, 3.63) is 71.8 Å². The SMILES string of the molecule is CC(C)CN1C(=O)CC(=O)N[C@@H]1SCC(=O)NCCC(c1ccccc1)c1ccccc1. The maximum absolute atomic E-state index is 12.5. The third-order valence-electron chi connectivity index (χ3n) is 5.29. The Hall–Kier alpha value is -2.80. The molecule has 0 spiro atoms. The number of nitrogens with zero attached hydrogens (tertiary/aromatic N) is 1. The molecule has 0 radical (unpaired) electrons. The zero-order chi connectivity index (χ0) is 22.9. The largest absolute Gasteiger partial charge is 0.355 e. The van der Waals surface area contributed by atoms with Gasteiger partial charge in [-0.1, -0.05) is 74.5 Å². The molecule has 0 saturated carbocycles. The van der Waals surface area contributed by atoms with E-state index in [2.05, 4.69) is 34.9 Å². The van der Waals surface area contributed by atoms with Crippen molar-refractivity contribution in [1.29, 1.82) is 0 Å². The molecule has 2 aromatic carbocycles. The molecule has 1 heterocycles. The van der Waals surface area contributed by atoms with E-state index >= 15 is 0 Å². The molecule has 0 aliphatic carbocycles. The summed E-state index contributed by atoms with van der Waals surface area (Å²) in [4.78, 5) is 38.2. The van der Waals surface area contributed by atoms with Crippen LogP contribution in [0.25, 0.3) is 0 Å². The number of hydrogen-bond acceptors (Lipinski definition) is 4. The number of hydrogen-bond donors (Lipinski definition) is 2. The van der Waals surface area contributed by atoms with Crippen LogP contribution >= 0.6 is 11.8 Å². The Morgan fingerprint density at radius 2 is 1.66 bits per heavy atom. The molecule has 1 fully saturated rings. The summed E-state index contributed by atoms with van der Waals surface area (Å²) in [5.74, 6) is 0.0664. The summed E-state index contributed by atoms with van der Waals surface area (Å²) in [6.07, 6.45) is 0.652. The highest BCUT2D eigenvalue weighted by Crippen LogP contribution is 2.27. The second kappa shape index (κ2) is 11.7. The van der Waals surface area contributed by atoms with E-state index in [-0.39, 0.29) is 41.7 Å². The molecule has 1 saturated heterocycles. The molecule has 0 unspecified atom stereocenters. The molecule has 2 aromatic rings. The fourth-order valence-corrected chi connectivity index (χ4v) is 4.83. The maximum atomic E-state index is 12.5. The van der Waals surface area contributed by atoms with Crippen LogP contribution in [-0.4, -0.2) is 47.0 Å². The van der Waals surface area contributed by atoms with Crippen LogP contribution in [-0.2, 0) is 14.4 Å². The molecule has 1 aliphatic rings. The molecule has 32 heavy (non-hydrogen) atoms. The quantitative estimate of drug-likeness (QED) is 0.541. The van der Waals surface area contributed by atoms with Crippen LogP contribution in [0.1, 0.15) is 43.7 Å². The van der Waals surface area contributed by atoms with Gasteiger partial charge in [-0.15, -0.1) is 11.8 Å². The van der Waals surface area contributed by atoms with Crippen molar-refractivity contribution in [2.45, 2.75) is 38.1 Å². The first-order valence-corrected chi connectivity index (χ1v) is 12.1. The van der Waals surface area contributed by atoms with Crippen LogP contribution in [0.3, 0.4) is 0 Å². The van der Waals surface area contributed by atoms with Crippen LogP contribution in [0.2, 0.25) is 0 Å². The first kappa shape index (κ1) is 23.9. The topological polar surface area (TPSA) is 78.5 Å². The monoisotopic (exact) mass is 453 g/mol. The summed E-state index contributed by atoms with van der Waals surface area (Å²) in [6.45, 7) is 5.13. The summed E-state index contributed by atoms with van der Waals surface area (Å²) in [6, 6.07) is 20.6. The van der Waals surface area contributed by atoms with Crippen LogP contribution in [0.15, 0.2) is 60.7 Å². The van der Waals surface area contributed by atoms with Crippen molar-refractivity contribution in [3.63, 3.8) is 0 Å². The lowest BCUT2D eigenvalue weighted by Crippen LogP contribution is -2.56. The molecule has 170 valence electrons. The van der Waals surface area contributed by atoms with Gasteiger partial charge in [-0.05, 0) is 23.5 Å². The number of rotatable bonds is 10. The predicted octanol–water partition coefficient (Wildman–Crippen LogP) is 3.35. The Kier molecular flexibility index (Phi) is 8.73. The van der Waals surface area contributed by atoms with Crippen LogP contribution in [0.5, 0.6) is 0 Å². The van der Waals surface area contributed by atoms with Crippen LogP contribution < -0.4 is 10.6 Å². The second-order valence-electron chi connectivity index (χ2n) is 8.36. The van der Waals surface area contributed by atoms with E-state index in [9.17, 15) is 14.4 Å². The van der Waals surface area contributed by atoms with Gasteiger partial charge in [0.15, 0.2) is 5.50 Å². The van der Waals surface area contributed by atoms with Gasteiger partial charge >= 0.3 is 0 Å². The third kappa shape index (κ3) is 6.85. The van der Waals surface area contributed by atoms with Crippen molar-refractivity contribution in [3.8, 4) is 0 Å². The molecule has 3 rings (SSSR count). The Labute approximate surface area is 194 Å². The van der Waals surface area contributed by atoms with Gasteiger partial charge in [0.1, 0.15) is 6.42 Å². The normalized spacial score (nSPS) is 16.4. The van der Waals surface area contributed by atoms with E-state index in [1.807, 2.05) is 50.2 Å². The zero-order valence-electron chi connectivity index (χ0n) is 18.6. The third-order valence-corrected chi connectivity index (χ3v) is 6.41. The van der Waals surface area contributed by atoms with E-state index < -0.39 is 5.50 Å². The minimum absolute atomic E-state index is 0.105. The van der Waals surface area contributed by atoms with Crippen LogP contribution in [0, 0.1) is 5.92 Å². The Balaban J connectivity index is 1.53. The van der Waals surface area contributed by atoms with E-state index in [1.54, 1.807) is 4.90 Å². The van der Waals surface area contributed by atoms with Crippen molar-refractivity contribution in [1.82, 2.24) is 15.5 Å². The van der Waals surface area contributed by atoms with Crippen molar-refractivity contribution in [2.24, 2.45) is 5.92 Å². The van der Waals surface area contributed by atoms with Gasteiger partial charge in [0.25, 0.3) is 0 Å². The summed E-state index contributed by atoms with van der Waals surface area (Å²) in [5.41, 5.74) is 1.93. The number of benzene rings is 2. The number of nitrogens with one attached hydrogen (secondary N) is 2. The Morgan fingerprint density at radius 3 is 2.22 bits per heavy atom. The summed E-state index contributed by atoms with van der Waals surface area (Å²) in [7, 11) is 0. The van der Waals surface area contributed by atoms with Crippen molar-refractivity contribution >= 4 is 29.5 Å². The molecule has 6 nitrogen and oxygen atoms in total.